The Balaban J connectivity index is 1.60. The average molecular weight is 476 g/mol. The third-order valence-corrected chi connectivity index (χ3v) is 5.52. The first-order chi connectivity index (χ1) is 15.5. The van der Waals surface area contributed by atoms with Gasteiger partial charge >= 0.3 is 6.03 Å². The largest absolute Gasteiger partial charge is 0.334 e. The minimum Gasteiger partial charge on any atom is -0.334 e. The van der Waals surface area contributed by atoms with Crippen molar-refractivity contribution in [1.82, 2.24) is 20.6 Å². The normalized spacial score (nSPS) is 10.7. The Hall–Kier alpha value is -2.88. The number of nitrogens with zero attached hydrogens (tertiary/aromatic N) is 1. The van der Waals surface area contributed by atoms with Crippen LogP contribution in [0.2, 0.25) is 5.02 Å². The van der Waals surface area contributed by atoms with Crippen LogP contribution in [-0.2, 0) is 13.1 Å². The molecule has 1 heterocycles. The number of carbonyl (C=O) groups is 1. The maximum Gasteiger partial charge on any atom is 0.321 e. The molecule has 168 valence electrons. The van der Waals surface area contributed by atoms with Gasteiger partial charge in [0.25, 0.3) is 5.56 Å². The fourth-order valence-corrected chi connectivity index (χ4v) is 3.45. The van der Waals surface area contributed by atoms with E-state index >= 15 is 0 Å². The molecule has 0 atom stereocenters. The molecule has 0 unspecified atom stereocenters. The van der Waals surface area contributed by atoms with E-state index in [9.17, 15) is 14.0 Å². The van der Waals surface area contributed by atoms with E-state index in [4.69, 9.17) is 11.6 Å². The molecule has 4 N–H and O–H groups in total. The van der Waals surface area contributed by atoms with Crippen LogP contribution in [0.3, 0.4) is 0 Å². The molecular formula is C22H23ClFN5O2S. The van der Waals surface area contributed by atoms with Gasteiger partial charge in [-0.15, -0.1) is 0 Å². The first kappa shape index (κ1) is 23.8. The second kappa shape index (κ2) is 11.7. The molecule has 0 aliphatic heterocycles. The number of aromatic amines is 1. The van der Waals surface area contributed by atoms with Crippen molar-refractivity contribution in [3.8, 4) is 11.1 Å². The number of amides is 2. The third-order valence-electron chi connectivity index (χ3n) is 4.56. The molecule has 7 nitrogen and oxygen atoms in total. The van der Waals surface area contributed by atoms with E-state index in [1.54, 1.807) is 30.0 Å². The van der Waals surface area contributed by atoms with Crippen molar-refractivity contribution in [2.24, 2.45) is 0 Å². The highest BCUT2D eigenvalue weighted by Gasteiger charge is 2.10. The van der Waals surface area contributed by atoms with Crippen molar-refractivity contribution in [2.75, 3.05) is 23.9 Å². The number of hydrogen-bond donors (Lipinski definition) is 4. The highest BCUT2D eigenvalue weighted by atomic mass is 35.5. The Morgan fingerprint density at radius 2 is 1.97 bits per heavy atom. The number of rotatable bonds is 9. The van der Waals surface area contributed by atoms with E-state index < -0.39 is 11.6 Å². The smallest absolute Gasteiger partial charge is 0.321 e. The van der Waals surface area contributed by atoms with E-state index in [1.165, 1.54) is 18.3 Å². The number of H-pyrrole nitrogens is 1. The van der Waals surface area contributed by atoms with E-state index in [0.29, 0.717) is 22.7 Å². The number of anilines is 1. The van der Waals surface area contributed by atoms with Crippen LogP contribution in [0.15, 0.2) is 53.5 Å². The van der Waals surface area contributed by atoms with Gasteiger partial charge in [0.2, 0.25) is 5.95 Å². The van der Waals surface area contributed by atoms with Crippen LogP contribution in [0, 0.1) is 5.82 Å². The van der Waals surface area contributed by atoms with Crippen LogP contribution in [-0.4, -0.2) is 34.6 Å². The number of benzene rings is 2. The Labute approximate surface area is 194 Å². The minimum atomic E-state index is -0.549. The molecule has 0 aliphatic carbocycles. The fourth-order valence-electron chi connectivity index (χ4n) is 2.86. The summed E-state index contributed by atoms with van der Waals surface area (Å²) in [5.41, 5.74) is 2.14. The zero-order chi connectivity index (χ0) is 22.9. The SMILES string of the molecule is CSCCNCc1ccc(-c2c[nH]c(NC(=O)NCc3ccc(F)cc3)nc2=O)cc1Cl. The molecule has 2 amide bonds. The van der Waals surface area contributed by atoms with Gasteiger partial charge in [-0.05, 0) is 41.1 Å². The predicted octanol–water partition coefficient (Wildman–Crippen LogP) is 4.00. The van der Waals surface area contributed by atoms with Crippen LogP contribution < -0.4 is 21.5 Å². The fraction of sp³-hybridized carbons (Fsp3) is 0.227. The van der Waals surface area contributed by atoms with Gasteiger partial charge in [-0.25, -0.2) is 9.18 Å². The van der Waals surface area contributed by atoms with Crippen molar-refractivity contribution in [3.63, 3.8) is 0 Å². The van der Waals surface area contributed by atoms with Crippen molar-refractivity contribution in [2.45, 2.75) is 13.1 Å². The molecule has 0 aliphatic rings. The van der Waals surface area contributed by atoms with Crippen LogP contribution >= 0.6 is 23.4 Å². The molecule has 0 saturated heterocycles. The predicted molar refractivity (Wildman–Crippen MR) is 128 cm³/mol. The van der Waals surface area contributed by atoms with E-state index in [2.05, 4.69) is 32.2 Å². The van der Waals surface area contributed by atoms with Gasteiger partial charge in [0, 0.05) is 36.6 Å². The van der Waals surface area contributed by atoms with Gasteiger partial charge in [0.05, 0.1) is 5.56 Å². The van der Waals surface area contributed by atoms with Crippen molar-refractivity contribution in [3.05, 3.63) is 81.0 Å². The molecule has 0 spiro atoms. The number of nitrogens with one attached hydrogen (secondary N) is 4. The number of thioether (sulfide) groups is 1. The number of carbonyl (C=O) groups excluding carboxylic acids is 1. The lowest BCUT2D eigenvalue weighted by molar-refractivity contribution is 0.251. The third kappa shape index (κ3) is 6.81. The van der Waals surface area contributed by atoms with E-state index in [-0.39, 0.29) is 18.3 Å². The van der Waals surface area contributed by atoms with Gasteiger partial charge in [-0.1, -0.05) is 35.9 Å². The van der Waals surface area contributed by atoms with Gasteiger partial charge in [0.15, 0.2) is 0 Å². The summed E-state index contributed by atoms with van der Waals surface area (Å²) in [6.07, 6.45) is 3.53. The summed E-state index contributed by atoms with van der Waals surface area (Å²) in [5.74, 6) is 0.677. The monoisotopic (exact) mass is 475 g/mol. The molecule has 0 fully saturated rings. The van der Waals surface area contributed by atoms with Crippen molar-refractivity contribution in [1.29, 1.82) is 0 Å². The molecule has 10 heteroatoms. The molecule has 3 rings (SSSR count). The summed E-state index contributed by atoms with van der Waals surface area (Å²) in [6.45, 7) is 1.73. The topological polar surface area (TPSA) is 98.9 Å². The van der Waals surface area contributed by atoms with Crippen LogP contribution in [0.5, 0.6) is 0 Å². The van der Waals surface area contributed by atoms with Gasteiger partial charge in [-0.2, -0.15) is 16.7 Å². The van der Waals surface area contributed by atoms with Gasteiger partial charge in [0.1, 0.15) is 5.82 Å². The van der Waals surface area contributed by atoms with Gasteiger partial charge in [-0.3, -0.25) is 10.1 Å². The Bertz CT molecular complexity index is 1120. The summed E-state index contributed by atoms with van der Waals surface area (Å²) in [4.78, 5) is 31.2. The van der Waals surface area contributed by atoms with Crippen LogP contribution in [0.4, 0.5) is 15.1 Å². The number of urea groups is 1. The summed E-state index contributed by atoms with van der Waals surface area (Å²) >= 11 is 8.14. The number of halogens is 2. The maximum absolute atomic E-state index is 12.9. The summed E-state index contributed by atoms with van der Waals surface area (Å²) < 4.78 is 12.9. The first-order valence-electron chi connectivity index (χ1n) is 9.83. The maximum atomic E-state index is 12.9. The zero-order valence-electron chi connectivity index (χ0n) is 17.4. The van der Waals surface area contributed by atoms with Crippen LogP contribution in [0.25, 0.3) is 11.1 Å². The van der Waals surface area contributed by atoms with Crippen molar-refractivity contribution < 1.29 is 9.18 Å². The highest BCUT2D eigenvalue weighted by Crippen LogP contribution is 2.23. The zero-order valence-corrected chi connectivity index (χ0v) is 18.9. The lowest BCUT2D eigenvalue weighted by Crippen LogP contribution is -2.30. The summed E-state index contributed by atoms with van der Waals surface area (Å²) in [5, 5.41) is 8.95. The lowest BCUT2D eigenvalue weighted by Gasteiger charge is -2.09. The standard InChI is InChI=1S/C22H23ClFN5O2S/c1-32-9-8-25-12-16-5-4-15(10-19(16)23)18-13-26-21(28-20(18)30)29-22(31)27-11-14-2-6-17(24)7-3-14/h2-7,10,13,25H,8-9,11-12H2,1H3,(H3,26,27,28,29,30,31). The van der Waals surface area contributed by atoms with E-state index in [1.807, 2.05) is 12.1 Å². The summed E-state index contributed by atoms with van der Waals surface area (Å²) in [6, 6.07) is 10.6. The highest BCUT2D eigenvalue weighted by molar-refractivity contribution is 7.98. The average Bonchev–Trinajstić information content (AvgIpc) is 2.77. The Morgan fingerprint density at radius 3 is 2.66 bits per heavy atom. The quantitative estimate of drug-likeness (QED) is 0.350. The molecular weight excluding hydrogens is 453 g/mol. The Morgan fingerprint density at radius 1 is 1.19 bits per heavy atom. The number of hydrogen-bond acceptors (Lipinski definition) is 5. The van der Waals surface area contributed by atoms with Crippen LogP contribution in [0.1, 0.15) is 11.1 Å². The second-order valence-corrected chi connectivity index (χ2v) is 8.27. The molecule has 2 aromatic carbocycles. The molecule has 1 aromatic heterocycles. The minimum absolute atomic E-state index is 0.0102. The lowest BCUT2D eigenvalue weighted by atomic mass is 10.1. The van der Waals surface area contributed by atoms with Gasteiger partial charge < -0.3 is 15.6 Å². The Kier molecular flexibility index (Phi) is 8.66. The summed E-state index contributed by atoms with van der Waals surface area (Å²) in [7, 11) is 0. The van der Waals surface area contributed by atoms with E-state index in [0.717, 1.165) is 23.4 Å². The number of aromatic nitrogens is 2. The second-order valence-electron chi connectivity index (χ2n) is 6.88. The molecule has 0 radical (unpaired) electrons. The first-order valence-corrected chi connectivity index (χ1v) is 11.6. The molecule has 3 aromatic rings. The molecule has 0 saturated carbocycles. The van der Waals surface area contributed by atoms with Crippen molar-refractivity contribution >= 4 is 35.3 Å². The molecule has 32 heavy (non-hydrogen) atoms. The molecule has 0 bridgehead atoms.